The quantitative estimate of drug-likeness (QED) is 0.650. The first-order chi connectivity index (χ1) is 8.26. The van der Waals surface area contributed by atoms with Gasteiger partial charge in [0.15, 0.2) is 5.78 Å². The molecule has 0 saturated heterocycles. The molecular formula is C13H18O4. The van der Waals surface area contributed by atoms with E-state index < -0.39 is 0 Å². The van der Waals surface area contributed by atoms with Crippen LogP contribution in [0.5, 0.6) is 11.5 Å². The van der Waals surface area contributed by atoms with Gasteiger partial charge in [0.25, 0.3) is 0 Å². The van der Waals surface area contributed by atoms with E-state index >= 15 is 0 Å². The number of benzene rings is 1. The molecule has 94 valence electrons. The first-order valence-corrected chi connectivity index (χ1v) is 5.53. The van der Waals surface area contributed by atoms with E-state index in [1.807, 2.05) is 24.3 Å². The van der Waals surface area contributed by atoms with E-state index in [9.17, 15) is 4.79 Å². The predicted octanol–water partition coefficient (Wildman–Crippen LogP) is 2.07. The van der Waals surface area contributed by atoms with E-state index in [-0.39, 0.29) is 12.4 Å². The summed E-state index contributed by atoms with van der Waals surface area (Å²) >= 11 is 0. The zero-order valence-electron chi connectivity index (χ0n) is 10.3. The lowest BCUT2D eigenvalue weighted by atomic mass is 10.2. The van der Waals surface area contributed by atoms with Gasteiger partial charge in [0.05, 0.1) is 13.7 Å². The second-order valence-corrected chi connectivity index (χ2v) is 3.60. The molecule has 0 fully saturated rings. The Morgan fingerprint density at radius 1 is 1.12 bits per heavy atom. The molecule has 0 aliphatic carbocycles. The van der Waals surface area contributed by atoms with E-state index in [2.05, 4.69) is 0 Å². The maximum Gasteiger partial charge on any atom is 0.158 e. The van der Waals surface area contributed by atoms with E-state index in [0.717, 1.165) is 11.5 Å². The molecule has 0 saturated carbocycles. The van der Waals surface area contributed by atoms with E-state index in [4.69, 9.17) is 14.2 Å². The molecule has 0 unspecified atom stereocenters. The van der Waals surface area contributed by atoms with Crippen LogP contribution in [0.25, 0.3) is 0 Å². The highest BCUT2D eigenvalue weighted by Gasteiger charge is 2.01. The highest BCUT2D eigenvalue weighted by molar-refractivity contribution is 5.79. The Morgan fingerprint density at radius 3 is 2.35 bits per heavy atom. The standard InChI is InChI=1S/C13H18O4/c1-15-10-11(14)4-3-9-17-13-7-5-12(16-2)6-8-13/h5-8H,3-4,9-10H2,1-2H3. The van der Waals surface area contributed by atoms with Crippen molar-refractivity contribution in [1.82, 2.24) is 0 Å². The molecule has 0 aliphatic heterocycles. The number of hydrogen-bond donors (Lipinski definition) is 0. The van der Waals surface area contributed by atoms with Crippen molar-refractivity contribution in [2.45, 2.75) is 12.8 Å². The summed E-state index contributed by atoms with van der Waals surface area (Å²) in [4.78, 5) is 11.1. The third-order valence-electron chi connectivity index (χ3n) is 2.23. The van der Waals surface area contributed by atoms with Gasteiger partial charge in [-0.1, -0.05) is 0 Å². The average Bonchev–Trinajstić information content (AvgIpc) is 2.36. The fourth-order valence-corrected chi connectivity index (χ4v) is 1.36. The number of ketones is 1. The van der Waals surface area contributed by atoms with Gasteiger partial charge in [-0.2, -0.15) is 0 Å². The number of hydrogen-bond acceptors (Lipinski definition) is 4. The predicted molar refractivity (Wildman–Crippen MR) is 64.6 cm³/mol. The summed E-state index contributed by atoms with van der Waals surface area (Å²) in [6, 6.07) is 7.36. The van der Waals surface area contributed by atoms with Crippen LogP contribution < -0.4 is 9.47 Å². The molecular weight excluding hydrogens is 220 g/mol. The van der Waals surface area contributed by atoms with Crippen molar-refractivity contribution in [3.8, 4) is 11.5 Å². The van der Waals surface area contributed by atoms with Crippen LogP contribution in [0.4, 0.5) is 0 Å². The van der Waals surface area contributed by atoms with Gasteiger partial charge in [-0.15, -0.1) is 0 Å². The van der Waals surface area contributed by atoms with Crippen LogP contribution in [0.15, 0.2) is 24.3 Å². The van der Waals surface area contributed by atoms with Gasteiger partial charge >= 0.3 is 0 Å². The Bertz CT molecular complexity index is 332. The van der Waals surface area contributed by atoms with Gasteiger partial charge in [-0.05, 0) is 30.7 Å². The van der Waals surface area contributed by atoms with Crippen LogP contribution >= 0.6 is 0 Å². The minimum absolute atomic E-state index is 0.103. The van der Waals surface area contributed by atoms with Crippen LogP contribution in [-0.2, 0) is 9.53 Å². The second kappa shape index (κ2) is 7.68. The topological polar surface area (TPSA) is 44.8 Å². The van der Waals surface area contributed by atoms with Crippen LogP contribution in [0.3, 0.4) is 0 Å². The molecule has 0 atom stereocenters. The van der Waals surface area contributed by atoms with Crippen molar-refractivity contribution < 1.29 is 19.0 Å². The maximum atomic E-state index is 11.1. The summed E-state index contributed by atoms with van der Waals surface area (Å²) in [6.45, 7) is 0.713. The van der Waals surface area contributed by atoms with Gasteiger partial charge in [0, 0.05) is 13.5 Å². The fraction of sp³-hybridized carbons (Fsp3) is 0.462. The van der Waals surface area contributed by atoms with Crippen LogP contribution in [0.2, 0.25) is 0 Å². The number of Topliss-reactive ketones (excluding diaryl/α,β-unsaturated/α-hetero) is 1. The van der Waals surface area contributed by atoms with Gasteiger partial charge < -0.3 is 14.2 Å². The summed E-state index contributed by atoms with van der Waals surface area (Å²) < 4.78 is 15.3. The Kier molecular flexibility index (Phi) is 6.10. The summed E-state index contributed by atoms with van der Waals surface area (Å²) in [5, 5.41) is 0. The largest absolute Gasteiger partial charge is 0.497 e. The molecule has 0 spiro atoms. The Balaban J connectivity index is 2.19. The molecule has 17 heavy (non-hydrogen) atoms. The molecule has 0 bridgehead atoms. The van der Waals surface area contributed by atoms with Crippen molar-refractivity contribution in [3.63, 3.8) is 0 Å². The average molecular weight is 238 g/mol. The minimum Gasteiger partial charge on any atom is -0.497 e. The van der Waals surface area contributed by atoms with Crippen molar-refractivity contribution in [2.24, 2.45) is 0 Å². The number of rotatable bonds is 8. The first kappa shape index (κ1) is 13.5. The molecule has 0 heterocycles. The summed E-state index contributed by atoms with van der Waals surface area (Å²) in [7, 11) is 3.14. The van der Waals surface area contributed by atoms with Crippen molar-refractivity contribution in [2.75, 3.05) is 27.4 Å². The van der Waals surface area contributed by atoms with E-state index in [1.54, 1.807) is 7.11 Å². The highest BCUT2D eigenvalue weighted by atomic mass is 16.5. The molecule has 1 aromatic rings. The molecule has 1 rings (SSSR count). The lowest BCUT2D eigenvalue weighted by Crippen LogP contribution is -2.08. The summed E-state index contributed by atoms with van der Waals surface area (Å²) in [5.74, 6) is 1.68. The monoisotopic (exact) mass is 238 g/mol. The third-order valence-corrected chi connectivity index (χ3v) is 2.23. The Hall–Kier alpha value is -1.55. The number of carbonyl (C=O) groups excluding carboxylic acids is 1. The van der Waals surface area contributed by atoms with Crippen molar-refractivity contribution >= 4 is 5.78 Å². The van der Waals surface area contributed by atoms with Crippen molar-refractivity contribution in [3.05, 3.63) is 24.3 Å². The summed E-state index contributed by atoms with van der Waals surface area (Å²) in [6.07, 6.45) is 1.19. The highest BCUT2D eigenvalue weighted by Crippen LogP contribution is 2.17. The Labute approximate surface area is 101 Å². The molecule has 0 aromatic heterocycles. The number of methoxy groups -OCH3 is 2. The Morgan fingerprint density at radius 2 is 1.76 bits per heavy atom. The third kappa shape index (κ3) is 5.36. The maximum absolute atomic E-state index is 11.1. The zero-order valence-corrected chi connectivity index (χ0v) is 10.3. The lowest BCUT2D eigenvalue weighted by molar-refractivity contribution is -0.122. The molecule has 1 aromatic carbocycles. The molecule has 0 N–H and O–H groups in total. The van der Waals surface area contributed by atoms with E-state index in [0.29, 0.717) is 19.4 Å². The number of ether oxygens (including phenoxy) is 3. The summed E-state index contributed by atoms with van der Waals surface area (Å²) in [5.41, 5.74) is 0. The fourth-order valence-electron chi connectivity index (χ4n) is 1.36. The van der Waals surface area contributed by atoms with Gasteiger partial charge in [-0.3, -0.25) is 4.79 Å². The second-order valence-electron chi connectivity index (χ2n) is 3.60. The molecule has 4 nitrogen and oxygen atoms in total. The molecule has 4 heteroatoms. The van der Waals surface area contributed by atoms with Gasteiger partial charge in [0.1, 0.15) is 18.1 Å². The lowest BCUT2D eigenvalue weighted by Gasteiger charge is -2.06. The van der Waals surface area contributed by atoms with E-state index in [1.165, 1.54) is 7.11 Å². The van der Waals surface area contributed by atoms with Crippen molar-refractivity contribution in [1.29, 1.82) is 0 Å². The smallest absolute Gasteiger partial charge is 0.158 e. The molecule has 0 radical (unpaired) electrons. The zero-order chi connectivity index (χ0) is 12.5. The SMILES string of the molecule is COCC(=O)CCCOc1ccc(OC)cc1. The first-order valence-electron chi connectivity index (χ1n) is 5.53. The molecule has 0 amide bonds. The molecule has 0 aliphatic rings. The minimum atomic E-state index is 0.103. The van der Waals surface area contributed by atoms with Crippen LogP contribution in [0.1, 0.15) is 12.8 Å². The van der Waals surface area contributed by atoms with Gasteiger partial charge in [0.2, 0.25) is 0 Å². The van der Waals surface area contributed by atoms with Crippen LogP contribution in [0, 0.1) is 0 Å². The number of carbonyl (C=O) groups is 1. The van der Waals surface area contributed by atoms with Gasteiger partial charge in [-0.25, -0.2) is 0 Å². The normalized spacial score (nSPS) is 10.0. The van der Waals surface area contributed by atoms with Crippen LogP contribution in [-0.4, -0.2) is 33.2 Å².